The van der Waals surface area contributed by atoms with Gasteiger partial charge in [0.05, 0.1) is 16.5 Å². The highest BCUT2D eigenvalue weighted by atomic mass is 35.5. The predicted octanol–water partition coefficient (Wildman–Crippen LogP) is 2.15. The third kappa shape index (κ3) is 3.43. The molecule has 100 valence electrons. The summed E-state index contributed by atoms with van der Waals surface area (Å²) >= 11 is 5.83. The van der Waals surface area contributed by atoms with E-state index in [4.69, 9.17) is 11.6 Å². The van der Waals surface area contributed by atoms with E-state index in [1.165, 1.54) is 6.07 Å². The fourth-order valence-electron chi connectivity index (χ4n) is 2.12. The lowest BCUT2D eigenvalue weighted by atomic mass is 10.1. The molecular weight excluding hydrogens is 277 g/mol. The molecule has 0 saturated carbocycles. The minimum atomic E-state index is -2.92. The first-order valence-electron chi connectivity index (χ1n) is 5.84. The summed E-state index contributed by atoms with van der Waals surface area (Å²) in [6.45, 7) is 0.386. The number of sulfone groups is 1. The highest BCUT2D eigenvalue weighted by Crippen LogP contribution is 2.20. The lowest BCUT2D eigenvalue weighted by Gasteiger charge is -2.23. The maximum absolute atomic E-state index is 13.2. The second-order valence-electron chi connectivity index (χ2n) is 4.55. The molecule has 0 aromatic heterocycles. The molecule has 0 aliphatic carbocycles. The lowest BCUT2D eigenvalue weighted by Crippen LogP contribution is -2.39. The molecule has 1 aromatic rings. The molecule has 0 spiro atoms. The summed E-state index contributed by atoms with van der Waals surface area (Å²) in [5.74, 6) is -0.0292. The van der Waals surface area contributed by atoms with Crippen LogP contribution in [0.4, 0.5) is 4.39 Å². The van der Waals surface area contributed by atoms with E-state index < -0.39 is 15.7 Å². The Bertz CT molecular complexity index is 533. The monoisotopic (exact) mass is 291 g/mol. The van der Waals surface area contributed by atoms with E-state index in [1.54, 1.807) is 12.1 Å². The average molecular weight is 292 g/mol. The Labute approximate surface area is 111 Å². The Morgan fingerprint density at radius 3 is 2.94 bits per heavy atom. The molecule has 0 bridgehead atoms. The zero-order valence-electron chi connectivity index (χ0n) is 9.83. The number of halogens is 2. The van der Waals surface area contributed by atoms with Gasteiger partial charge in [-0.2, -0.15) is 0 Å². The van der Waals surface area contributed by atoms with Gasteiger partial charge in [0.1, 0.15) is 5.82 Å². The topological polar surface area (TPSA) is 46.2 Å². The Morgan fingerprint density at radius 2 is 2.22 bits per heavy atom. The average Bonchev–Trinajstić information content (AvgIpc) is 2.30. The standard InChI is InChI=1S/C12H15ClFNO2S/c13-12-9(3-1-5-11(12)14)7-15-10-4-2-6-18(16,17)8-10/h1,3,5,10,15H,2,4,6-8H2. The van der Waals surface area contributed by atoms with Gasteiger partial charge in [-0.3, -0.25) is 0 Å². The normalized spacial score (nSPS) is 22.9. The van der Waals surface area contributed by atoms with Crippen molar-refractivity contribution in [3.8, 4) is 0 Å². The van der Waals surface area contributed by atoms with Crippen LogP contribution in [0.3, 0.4) is 0 Å². The first-order chi connectivity index (χ1) is 8.48. The molecule has 3 nitrogen and oxygen atoms in total. The van der Waals surface area contributed by atoms with Crippen molar-refractivity contribution in [1.29, 1.82) is 0 Å². The number of hydrogen-bond acceptors (Lipinski definition) is 3. The van der Waals surface area contributed by atoms with E-state index in [0.29, 0.717) is 18.5 Å². The predicted molar refractivity (Wildman–Crippen MR) is 69.9 cm³/mol. The summed E-state index contributed by atoms with van der Waals surface area (Å²) < 4.78 is 36.1. The minimum Gasteiger partial charge on any atom is -0.309 e. The van der Waals surface area contributed by atoms with Crippen molar-refractivity contribution in [3.05, 3.63) is 34.6 Å². The van der Waals surface area contributed by atoms with Gasteiger partial charge in [-0.15, -0.1) is 0 Å². The van der Waals surface area contributed by atoms with Crippen molar-refractivity contribution in [2.75, 3.05) is 11.5 Å². The van der Waals surface area contributed by atoms with E-state index in [0.717, 1.165) is 6.42 Å². The fraction of sp³-hybridized carbons (Fsp3) is 0.500. The van der Waals surface area contributed by atoms with E-state index in [9.17, 15) is 12.8 Å². The molecule has 1 aromatic carbocycles. The fourth-order valence-corrected chi connectivity index (χ4v) is 3.99. The van der Waals surface area contributed by atoms with Crippen molar-refractivity contribution < 1.29 is 12.8 Å². The summed E-state index contributed by atoms with van der Waals surface area (Å²) in [6.07, 6.45) is 1.50. The Balaban J connectivity index is 1.97. The van der Waals surface area contributed by atoms with Gasteiger partial charge in [-0.05, 0) is 24.5 Å². The summed E-state index contributed by atoms with van der Waals surface area (Å²) in [6, 6.07) is 4.56. The highest BCUT2D eigenvalue weighted by Gasteiger charge is 2.24. The maximum Gasteiger partial charge on any atom is 0.151 e. The lowest BCUT2D eigenvalue weighted by molar-refractivity contribution is 0.479. The largest absolute Gasteiger partial charge is 0.309 e. The molecule has 2 rings (SSSR count). The molecule has 1 unspecified atom stereocenters. The number of benzene rings is 1. The van der Waals surface area contributed by atoms with Gasteiger partial charge < -0.3 is 5.32 Å². The minimum absolute atomic E-state index is 0.0666. The van der Waals surface area contributed by atoms with Crippen LogP contribution in [0, 0.1) is 5.82 Å². The quantitative estimate of drug-likeness (QED) is 0.928. The third-order valence-corrected chi connectivity index (χ3v) is 5.32. The van der Waals surface area contributed by atoms with Gasteiger partial charge in [-0.25, -0.2) is 12.8 Å². The first kappa shape index (κ1) is 13.8. The molecule has 0 amide bonds. The summed E-state index contributed by atoms with van der Waals surface area (Å²) in [7, 11) is -2.92. The number of nitrogens with one attached hydrogen (secondary N) is 1. The van der Waals surface area contributed by atoms with Gasteiger partial charge >= 0.3 is 0 Å². The van der Waals surface area contributed by atoms with Crippen LogP contribution >= 0.6 is 11.6 Å². The van der Waals surface area contributed by atoms with Crippen LogP contribution in [0.2, 0.25) is 5.02 Å². The van der Waals surface area contributed by atoms with Crippen LogP contribution in [0.5, 0.6) is 0 Å². The molecule has 1 N–H and O–H groups in total. The summed E-state index contributed by atoms with van der Waals surface area (Å²) in [5, 5.41) is 3.23. The van der Waals surface area contributed by atoms with Gasteiger partial charge in [0.25, 0.3) is 0 Å². The van der Waals surface area contributed by atoms with Crippen LogP contribution in [0.25, 0.3) is 0 Å². The van der Waals surface area contributed by atoms with E-state index >= 15 is 0 Å². The second kappa shape index (κ2) is 5.55. The SMILES string of the molecule is O=S1(=O)CCCC(NCc2cccc(F)c2Cl)C1. The third-order valence-electron chi connectivity index (χ3n) is 3.08. The van der Waals surface area contributed by atoms with Crippen LogP contribution in [-0.4, -0.2) is 26.0 Å². The molecular formula is C12H15ClFNO2S. The Kier molecular flexibility index (Phi) is 4.25. The zero-order valence-corrected chi connectivity index (χ0v) is 11.4. The van der Waals surface area contributed by atoms with Crippen LogP contribution in [-0.2, 0) is 16.4 Å². The van der Waals surface area contributed by atoms with Crippen LogP contribution < -0.4 is 5.32 Å². The van der Waals surface area contributed by atoms with E-state index in [2.05, 4.69) is 5.32 Å². The molecule has 18 heavy (non-hydrogen) atoms. The highest BCUT2D eigenvalue weighted by molar-refractivity contribution is 7.91. The molecule has 1 heterocycles. The molecule has 1 atom stereocenters. The van der Waals surface area contributed by atoms with Crippen molar-refractivity contribution in [1.82, 2.24) is 5.32 Å². The van der Waals surface area contributed by atoms with E-state index in [1.807, 2.05) is 0 Å². The zero-order chi connectivity index (χ0) is 13.2. The summed E-state index contributed by atoms with van der Waals surface area (Å²) in [4.78, 5) is 0. The Hall–Kier alpha value is -0.650. The smallest absolute Gasteiger partial charge is 0.151 e. The van der Waals surface area contributed by atoms with Gasteiger partial charge in [0.15, 0.2) is 9.84 Å². The molecule has 1 fully saturated rings. The van der Waals surface area contributed by atoms with Crippen LogP contribution in [0.1, 0.15) is 18.4 Å². The molecule has 1 aliphatic heterocycles. The van der Waals surface area contributed by atoms with Gasteiger partial charge in [0, 0.05) is 12.6 Å². The summed E-state index contributed by atoms with van der Waals surface area (Å²) in [5.41, 5.74) is 0.652. The second-order valence-corrected chi connectivity index (χ2v) is 7.15. The first-order valence-corrected chi connectivity index (χ1v) is 8.04. The number of rotatable bonds is 3. The maximum atomic E-state index is 13.2. The molecule has 0 radical (unpaired) electrons. The number of hydrogen-bond donors (Lipinski definition) is 1. The van der Waals surface area contributed by atoms with E-state index in [-0.39, 0.29) is 22.6 Å². The van der Waals surface area contributed by atoms with Gasteiger partial charge in [0.2, 0.25) is 0 Å². The van der Waals surface area contributed by atoms with Crippen molar-refractivity contribution in [3.63, 3.8) is 0 Å². The molecule has 1 aliphatic rings. The molecule has 1 saturated heterocycles. The Morgan fingerprint density at radius 1 is 1.44 bits per heavy atom. The van der Waals surface area contributed by atoms with Crippen molar-refractivity contribution in [2.24, 2.45) is 0 Å². The van der Waals surface area contributed by atoms with Crippen molar-refractivity contribution in [2.45, 2.75) is 25.4 Å². The van der Waals surface area contributed by atoms with Crippen LogP contribution in [0.15, 0.2) is 18.2 Å². The van der Waals surface area contributed by atoms with Crippen molar-refractivity contribution >= 4 is 21.4 Å². The molecule has 6 heteroatoms. The van der Waals surface area contributed by atoms with Gasteiger partial charge in [-0.1, -0.05) is 23.7 Å².